The predicted octanol–water partition coefficient (Wildman–Crippen LogP) is 3.34. The highest BCUT2D eigenvalue weighted by atomic mass is 32.1. The molecule has 1 unspecified atom stereocenters. The minimum absolute atomic E-state index is 0.203. The first kappa shape index (κ1) is 14.1. The van der Waals surface area contributed by atoms with Crippen LogP contribution in [0.5, 0.6) is 0 Å². The van der Waals surface area contributed by atoms with Gasteiger partial charge in [0, 0.05) is 4.88 Å². The lowest BCUT2D eigenvalue weighted by Crippen LogP contribution is -2.29. The molecule has 2 rings (SSSR count). The van der Waals surface area contributed by atoms with E-state index in [-0.39, 0.29) is 6.04 Å². The van der Waals surface area contributed by atoms with E-state index in [1.165, 1.54) is 11.6 Å². The third kappa shape index (κ3) is 3.00. The van der Waals surface area contributed by atoms with Crippen LogP contribution in [-0.4, -0.2) is 0 Å². The van der Waals surface area contributed by atoms with Gasteiger partial charge in [0.15, 0.2) is 11.6 Å². The van der Waals surface area contributed by atoms with Crippen molar-refractivity contribution in [1.29, 1.82) is 0 Å². The average Bonchev–Trinajstić information content (AvgIpc) is 2.88. The Morgan fingerprint density at radius 3 is 2.74 bits per heavy atom. The molecule has 0 aliphatic rings. The van der Waals surface area contributed by atoms with E-state index in [0.717, 1.165) is 17.4 Å². The Morgan fingerprint density at radius 2 is 2.05 bits per heavy atom. The third-order valence-electron chi connectivity index (χ3n) is 3.13. The van der Waals surface area contributed by atoms with Gasteiger partial charge in [-0.1, -0.05) is 19.1 Å². The first-order chi connectivity index (χ1) is 9.17. The molecule has 1 heterocycles. The number of nitrogens with two attached hydrogens (primary N) is 1. The number of rotatable bonds is 5. The molecule has 0 saturated heterocycles. The molecule has 0 bridgehead atoms. The molecule has 3 N–H and O–H groups in total. The SMILES string of the molecule is CCc1ccsc1C(Cc1cccc(F)c1F)NN. The smallest absolute Gasteiger partial charge is 0.162 e. The highest BCUT2D eigenvalue weighted by Crippen LogP contribution is 2.28. The van der Waals surface area contributed by atoms with Gasteiger partial charge in [0.2, 0.25) is 0 Å². The van der Waals surface area contributed by atoms with Crippen LogP contribution in [-0.2, 0) is 12.8 Å². The number of hydrogen-bond acceptors (Lipinski definition) is 3. The quantitative estimate of drug-likeness (QED) is 0.652. The number of hydrogen-bond donors (Lipinski definition) is 2. The van der Waals surface area contributed by atoms with Gasteiger partial charge < -0.3 is 0 Å². The summed E-state index contributed by atoms with van der Waals surface area (Å²) >= 11 is 1.58. The normalized spacial score (nSPS) is 12.6. The van der Waals surface area contributed by atoms with E-state index in [1.54, 1.807) is 17.4 Å². The fourth-order valence-corrected chi connectivity index (χ4v) is 3.16. The molecule has 1 aromatic heterocycles. The number of halogens is 2. The van der Waals surface area contributed by atoms with Crippen LogP contribution in [0.3, 0.4) is 0 Å². The van der Waals surface area contributed by atoms with E-state index in [4.69, 9.17) is 5.84 Å². The Kier molecular flexibility index (Phi) is 4.63. The summed E-state index contributed by atoms with van der Waals surface area (Å²) in [5.41, 5.74) is 4.21. The van der Waals surface area contributed by atoms with Crippen molar-refractivity contribution in [3.8, 4) is 0 Å². The Labute approximate surface area is 115 Å². The zero-order chi connectivity index (χ0) is 13.8. The Bertz CT molecular complexity index is 554. The van der Waals surface area contributed by atoms with Crippen molar-refractivity contribution in [2.45, 2.75) is 25.8 Å². The van der Waals surface area contributed by atoms with Crippen LogP contribution in [0, 0.1) is 11.6 Å². The summed E-state index contributed by atoms with van der Waals surface area (Å²) in [4.78, 5) is 1.08. The molecule has 2 aromatic rings. The standard InChI is InChI=1S/C14H16F2N2S/c1-2-9-6-7-19-14(9)12(18-17)8-10-4-3-5-11(15)13(10)16/h3-7,12,18H,2,8,17H2,1H3. The second kappa shape index (κ2) is 6.23. The predicted molar refractivity (Wildman–Crippen MR) is 73.8 cm³/mol. The molecule has 0 radical (unpaired) electrons. The van der Waals surface area contributed by atoms with Crippen LogP contribution in [0.2, 0.25) is 0 Å². The summed E-state index contributed by atoms with van der Waals surface area (Å²) in [5, 5.41) is 1.99. The molecular formula is C14H16F2N2S. The summed E-state index contributed by atoms with van der Waals surface area (Å²) in [6, 6.07) is 6.04. The molecule has 102 valence electrons. The Hall–Kier alpha value is -1.30. The Morgan fingerprint density at radius 1 is 1.26 bits per heavy atom. The van der Waals surface area contributed by atoms with Crippen LogP contribution >= 0.6 is 11.3 Å². The van der Waals surface area contributed by atoms with Gasteiger partial charge in [-0.2, -0.15) is 0 Å². The van der Waals surface area contributed by atoms with Crippen LogP contribution in [0.25, 0.3) is 0 Å². The highest BCUT2D eigenvalue weighted by molar-refractivity contribution is 7.10. The van der Waals surface area contributed by atoms with Gasteiger partial charge >= 0.3 is 0 Å². The van der Waals surface area contributed by atoms with Crippen LogP contribution in [0.1, 0.15) is 29.0 Å². The second-order valence-corrected chi connectivity index (χ2v) is 5.25. The van der Waals surface area contributed by atoms with E-state index in [2.05, 4.69) is 12.3 Å². The van der Waals surface area contributed by atoms with Gasteiger partial charge in [-0.25, -0.2) is 8.78 Å². The summed E-state index contributed by atoms with van der Waals surface area (Å²) in [6.07, 6.45) is 1.22. The lowest BCUT2D eigenvalue weighted by Gasteiger charge is -2.17. The van der Waals surface area contributed by atoms with Gasteiger partial charge in [-0.05, 0) is 41.5 Å². The van der Waals surface area contributed by atoms with Crippen molar-refractivity contribution in [3.63, 3.8) is 0 Å². The lowest BCUT2D eigenvalue weighted by atomic mass is 10.0. The molecule has 1 atom stereocenters. The maximum Gasteiger partial charge on any atom is 0.162 e. The molecule has 0 aliphatic heterocycles. The van der Waals surface area contributed by atoms with E-state index in [9.17, 15) is 8.78 Å². The van der Waals surface area contributed by atoms with Gasteiger partial charge in [0.25, 0.3) is 0 Å². The maximum absolute atomic E-state index is 13.7. The molecule has 5 heteroatoms. The van der Waals surface area contributed by atoms with E-state index >= 15 is 0 Å². The molecule has 19 heavy (non-hydrogen) atoms. The molecular weight excluding hydrogens is 266 g/mol. The van der Waals surface area contributed by atoms with Gasteiger partial charge in [-0.15, -0.1) is 11.3 Å². The van der Waals surface area contributed by atoms with Crippen molar-refractivity contribution < 1.29 is 8.78 Å². The van der Waals surface area contributed by atoms with Crippen molar-refractivity contribution >= 4 is 11.3 Å². The lowest BCUT2D eigenvalue weighted by molar-refractivity contribution is 0.482. The van der Waals surface area contributed by atoms with Crippen molar-refractivity contribution in [2.24, 2.45) is 5.84 Å². The summed E-state index contributed by atoms with van der Waals surface area (Å²) < 4.78 is 26.9. The number of thiophene rings is 1. The van der Waals surface area contributed by atoms with Crippen LogP contribution in [0.4, 0.5) is 8.78 Å². The summed E-state index contributed by atoms with van der Waals surface area (Å²) in [6.45, 7) is 2.06. The highest BCUT2D eigenvalue weighted by Gasteiger charge is 2.18. The Balaban J connectivity index is 2.27. The average molecular weight is 282 g/mol. The fourth-order valence-electron chi connectivity index (χ4n) is 2.10. The van der Waals surface area contributed by atoms with E-state index in [1.807, 2.05) is 11.4 Å². The zero-order valence-electron chi connectivity index (χ0n) is 10.6. The first-order valence-electron chi connectivity index (χ1n) is 6.12. The van der Waals surface area contributed by atoms with Gasteiger partial charge in [0.05, 0.1) is 6.04 Å². The number of hydrazine groups is 1. The van der Waals surface area contributed by atoms with Crippen LogP contribution < -0.4 is 11.3 Å². The topological polar surface area (TPSA) is 38.0 Å². The number of nitrogens with one attached hydrogen (secondary N) is 1. The van der Waals surface area contributed by atoms with E-state index < -0.39 is 11.6 Å². The zero-order valence-corrected chi connectivity index (χ0v) is 11.4. The third-order valence-corrected chi connectivity index (χ3v) is 4.21. The molecule has 2 nitrogen and oxygen atoms in total. The fraction of sp³-hybridized carbons (Fsp3) is 0.286. The monoisotopic (exact) mass is 282 g/mol. The molecule has 0 amide bonds. The van der Waals surface area contributed by atoms with E-state index in [0.29, 0.717) is 12.0 Å². The molecule has 0 saturated carbocycles. The van der Waals surface area contributed by atoms with Gasteiger partial charge in [-0.3, -0.25) is 11.3 Å². The van der Waals surface area contributed by atoms with Crippen molar-refractivity contribution in [2.75, 3.05) is 0 Å². The molecule has 0 aliphatic carbocycles. The molecule has 0 spiro atoms. The largest absolute Gasteiger partial charge is 0.271 e. The summed E-state index contributed by atoms with van der Waals surface area (Å²) in [7, 11) is 0. The molecule has 1 aromatic carbocycles. The minimum atomic E-state index is -0.824. The number of aryl methyl sites for hydroxylation is 1. The van der Waals surface area contributed by atoms with Crippen LogP contribution in [0.15, 0.2) is 29.6 Å². The summed E-state index contributed by atoms with van der Waals surface area (Å²) in [5.74, 6) is 3.95. The maximum atomic E-state index is 13.7. The first-order valence-corrected chi connectivity index (χ1v) is 7.00. The molecule has 0 fully saturated rings. The number of benzene rings is 1. The van der Waals surface area contributed by atoms with Gasteiger partial charge in [0.1, 0.15) is 0 Å². The minimum Gasteiger partial charge on any atom is -0.271 e. The van der Waals surface area contributed by atoms with Crippen molar-refractivity contribution in [3.05, 3.63) is 57.3 Å². The second-order valence-electron chi connectivity index (χ2n) is 4.30. The van der Waals surface area contributed by atoms with Crippen molar-refractivity contribution in [1.82, 2.24) is 5.43 Å².